The van der Waals surface area contributed by atoms with Crippen LogP contribution in [-0.2, 0) is 11.2 Å². The highest BCUT2D eigenvalue weighted by Crippen LogP contribution is 2.56. The van der Waals surface area contributed by atoms with Gasteiger partial charge in [0, 0.05) is 12.3 Å². The third-order valence-corrected chi connectivity index (χ3v) is 6.10. The monoisotopic (exact) mass is 268 g/mol. The normalized spacial score (nSPS) is 38.1. The molecule has 0 N–H and O–H groups in total. The number of hydrogen-bond acceptors (Lipinski definition) is 1. The Hall–Kier alpha value is -1.11. The van der Waals surface area contributed by atoms with E-state index in [1.54, 1.807) is 0 Å². The average Bonchev–Trinajstić information content (AvgIpc) is 2.45. The Morgan fingerprint density at radius 2 is 1.50 bits per heavy atom. The van der Waals surface area contributed by atoms with Crippen LogP contribution in [0.3, 0.4) is 0 Å². The highest BCUT2D eigenvalue weighted by Gasteiger charge is 2.50. The molecule has 4 fully saturated rings. The number of Topliss-reactive ketones (excluding diaryl/α,β-unsaturated/α-hetero) is 1. The summed E-state index contributed by atoms with van der Waals surface area (Å²) in [5.41, 5.74) is 1.31. The number of hydrogen-bond donors (Lipinski definition) is 0. The molecule has 1 heteroatoms. The van der Waals surface area contributed by atoms with Gasteiger partial charge in [-0.3, -0.25) is 4.79 Å². The van der Waals surface area contributed by atoms with Crippen molar-refractivity contribution in [3.05, 3.63) is 35.9 Å². The first-order chi connectivity index (χ1) is 9.79. The van der Waals surface area contributed by atoms with E-state index in [0.717, 1.165) is 36.5 Å². The zero-order valence-corrected chi connectivity index (χ0v) is 12.1. The zero-order chi connectivity index (χ0) is 13.5. The van der Waals surface area contributed by atoms with Crippen molar-refractivity contribution in [1.29, 1.82) is 0 Å². The molecule has 0 saturated heterocycles. The molecule has 1 aromatic carbocycles. The molecule has 4 bridgehead atoms. The Labute approximate surface area is 121 Å². The Morgan fingerprint density at radius 3 is 2.10 bits per heavy atom. The fourth-order valence-electron chi connectivity index (χ4n) is 5.53. The second-order valence-corrected chi connectivity index (χ2v) is 7.41. The molecular formula is C19H24O. The van der Waals surface area contributed by atoms with Crippen molar-refractivity contribution in [3.8, 4) is 0 Å². The maximum atomic E-state index is 12.7. The average molecular weight is 268 g/mol. The molecule has 4 aliphatic carbocycles. The van der Waals surface area contributed by atoms with Gasteiger partial charge in [0.05, 0.1) is 0 Å². The molecule has 0 radical (unpaired) electrons. The summed E-state index contributed by atoms with van der Waals surface area (Å²) >= 11 is 0. The predicted molar refractivity (Wildman–Crippen MR) is 80.3 cm³/mol. The molecule has 5 rings (SSSR count). The van der Waals surface area contributed by atoms with Crippen LogP contribution in [0.2, 0.25) is 0 Å². The van der Waals surface area contributed by atoms with Crippen LogP contribution in [0.5, 0.6) is 0 Å². The zero-order valence-electron chi connectivity index (χ0n) is 12.1. The third-order valence-electron chi connectivity index (χ3n) is 6.10. The number of aryl methyl sites for hydroxylation is 1. The molecule has 1 nitrogen and oxygen atoms in total. The molecule has 0 aromatic heterocycles. The summed E-state index contributed by atoms with van der Waals surface area (Å²) < 4.78 is 0. The SMILES string of the molecule is O=C(CCc1ccccc1)C1C2CC3CC(C2)CC1C3. The lowest BCUT2D eigenvalue weighted by atomic mass is 9.51. The highest BCUT2D eigenvalue weighted by molar-refractivity contribution is 5.82. The summed E-state index contributed by atoms with van der Waals surface area (Å²) in [5.74, 6) is 4.42. The lowest BCUT2D eigenvalue weighted by Gasteiger charge is -2.53. The van der Waals surface area contributed by atoms with Crippen LogP contribution in [-0.4, -0.2) is 5.78 Å². The molecule has 0 aliphatic heterocycles. The van der Waals surface area contributed by atoms with Crippen molar-refractivity contribution in [1.82, 2.24) is 0 Å². The Morgan fingerprint density at radius 1 is 0.900 bits per heavy atom. The van der Waals surface area contributed by atoms with Crippen LogP contribution >= 0.6 is 0 Å². The minimum Gasteiger partial charge on any atom is -0.299 e. The summed E-state index contributed by atoms with van der Waals surface area (Å²) in [7, 11) is 0. The first-order valence-corrected chi connectivity index (χ1v) is 8.36. The van der Waals surface area contributed by atoms with E-state index in [-0.39, 0.29) is 0 Å². The van der Waals surface area contributed by atoms with Crippen molar-refractivity contribution in [2.75, 3.05) is 0 Å². The molecule has 0 amide bonds. The van der Waals surface area contributed by atoms with Crippen molar-refractivity contribution >= 4 is 5.78 Å². The van der Waals surface area contributed by atoms with Crippen LogP contribution in [0.25, 0.3) is 0 Å². The van der Waals surface area contributed by atoms with Crippen molar-refractivity contribution in [3.63, 3.8) is 0 Å². The molecule has 106 valence electrons. The van der Waals surface area contributed by atoms with Crippen molar-refractivity contribution in [2.45, 2.75) is 44.9 Å². The fourth-order valence-corrected chi connectivity index (χ4v) is 5.53. The van der Waals surface area contributed by atoms with Gasteiger partial charge < -0.3 is 0 Å². The number of ketones is 1. The van der Waals surface area contributed by atoms with Gasteiger partial charge in [-0.05, 0) is 67.8 Å². The predicted octanol–water partition coefficient (Wildman–Crippen LogP) is 4.26. The molecule has 0 atom stereocenters. The first kappa shape index (κ1) is 12.6. The summed E-state index contributed by atoms with van der Waals surface area (Å²) in [6.07, 6.45) is 8.59. The minimum absolute atomic E-state index is 0.423. The van der Waals surface area contributed by atoms with Gasteiger partial charge in [0.25, 0.3) is 0 Å². The maximum Gasteiger partial charge on any atom is 0.136 e. The van der Waals surface area contributed by atoms with E-state index in [9.17, 15) is 4.79 Å². The number of rotatable bonds is 4. The van der Waals surface area contributed by atoms with Gasteiger partial charge in [-0.2, -0.15) is 0 Å². The second-order valence-electron chi connectivity index (χ2n) is 7.41. The summed E-state index contributed by atoms with van der Waals surface area (Å²) in [6, 6.07) is 10.5. The van der Waals surface area contributed by atoms with Crippen molar-refractivity contribution in [2.24, 2.45) is 29.6 Å². The van der Waals surface area contributed by atoms with Crippen LogP contribution in [0.4, 0.5) is 0 Å². The van der Waals surface area contributed by atoms with E-state index in [1.807, 2.05) is 6.07 Å². The number of benzene rings is 1. The van der Waals surface area contributed by atoms with Crippen LogP contribution in [0.15, 0.2) is 30.3 Å². The summed E-state index contributed by atoms with van der Waals surface area (Å²) in [5, 5.41) is 0. The van der Waals surface area contributed by atoms with Gasteiger partial charge in [0.15, 0.2) is 0 Å². The van der Waals surface area contributed by atoms with E-state index >= 15 is 0 Å². The second kappa shape index (κ2) is 5.02. The van der Waals surface area contributed by atoms with Crippen molar-refractivity contribution < 1.29 is 4.79 Å². The number of carbonyl (C=O) groups excluding carboxylic acids is 1. The van der Waals surface area contributed by atoms with Gasteiger partial charge in [0.2, 0.25) is 0 Å². The molecular weight excluding hydrogens is 244 g/mol. The standard InChI is InChI=1S/C19H24O/c20-18(7-6-13-4-2-1-3-5-13)19-16-9-14-8-15(11-16)12-17(19)10-14/h1-5,14-17,19H,6-12H2. The first-order valence-electron chi connectivity index (χ1n) is 8.36. The van der Waals surface area contributed by atoms with Gasteiger partial charge in [-0.1, -0.05) is 30.3 Å². The van der Waals surface area contributed by atoms with Crippen LogP contribution in [0.1, 0.15) is 44.1 Å². The molecule has 4 aliphatic rings. The van der Waals surface area contributed by atoms with Gasteiger partial charge in [-0.15, -0.1) is 0 Å². The molecule has 4 saturated carbocycles. The Kier molecular flexibility index (Phi) is 3.17. The fraction of sp³-hybridized carbons (Fsp3) is 0.632. The summed E-state index contributed by atoms with van der Waals surface area (Å²) in [6.45, 7) is 0. The van der Waals surface area contributed by atoms with E-state index in [1.165, 1.54) is 37.7 Å². The summed E-state index contributed by atoms with van der Waals surface area (Å²) in [4.78, 5) is 12.7. The van der Waals surface area contributed by atoms with E-state index in [4.69, 9.17) is 0 Å². The number of carbonyl (C=O) groups is 1. The Bertz CT molecular complexity index is 462. The van der Waals surface area contributed by atoms with Crippen LogP contribution < -0.4 is 0 Å². The topological polar surface area (TPSA) is 17.1 Å². The lowest BCUT2D eigenvalue weighted by molar-refractivity contribution is -0.135. The van der Waals surface area contributed by atoms with Crippen LogP contribution in [0, 0.1) is 29.6 Å². The third kappa shape index (κ3) is 2.21. The minimum atomic E-state index is 0.423. The quantitative estimate of drug-likeness (QED) is 0.797. The smallest absolute Gasteiger partial charge is 0.136 e. The molecule has 0 heterocycles. The molecule has 0 spiro atoms. The highest BCUT2D eigenvalue weighted by atomic mass is 16.1. The van der Waals surface area contributed by atoms with Gasteiger partial charge in [0.1, 0.15) is 5.78 Å². The largest absolute Gasteiger partial charge is 0.299 e. The van der Waals surface area contributed by atoms with Gasteiger partial charge in [-0.25, -0.2) is 0 Å². The van der Waals surface area contributed by atoms with E-state index in [2.05, 4.69) is 24.3 Å². The maximum absolute atomic E-state index is 12.7. The molecule has 0 unspecified atom stereocenters. The molecule has 20 heavy (non-hydrogen) atoms. The Balaban J connectivity index is 1.41. The molecule has 1 aromatic rings. The van der Waals surface area contributed by atoms with E-state index < -0.39 is 0 Å². The van der Waals surface area contributed by atoms with Gasteiger partial charge >= 0.3 is 0 Å². The van der Waals surface area contributed by atoms with E-state index in [0.29, 0.717) is 11.7 Å². The lowest BCUT2D eigenvalue weighted by Crippen LogP contribution is -2.48.